The first kappa shape index (κ1) is 11.6. The minimum absolute atomic E-state index is 0.271. The third-order valence-electron chi connectivity index (χ3n) is 3.58. The Balaban J connectivity index is 2.05. The summed E-state index contributed by atoms with van der Waals surface area (Å²) in [5.41, 5.74) is 7.38. The van der Waals surface area contributed by atoms with E-state index in [0.29, 0.717) is 5.92 Å². The maximum Gasteiger partial charge on any atom is 0.0271 e. The first-order chi connectivity index (χ1) is 7.62. The fraction of sp³-hybridized carbons (Fsp3) is 0.615. The monoisotopic (exact) mass is 219 g/mol. The molecule has 0 amide bonds. The summed E-state index contributed by atoms with van der Waals surface area (Å²) in [5, 5.41) is 0. The summed E-state index contributed by atoms with van der Waals surface area (Å²) in [6.45, 7) is 7.54. The van der Waals surface area contributed by atoms with Crippen LogP contribution in [0.1, 0.15) is 25.8 Å². The molecular weight excluding hydrogens is 198 g/mol. The molecule has 88 valence electrons. The van der Waals surface area contributed by atoms with Crippen molar-refractivity contribution < 1.29 is 0 Å². The smallest absolute Gasteiger partial charge is 0.0271 e. The molecule has 1 unspecified atom stereocenters. The van der Waals surface area contributed by atoms with Crippen LogP contribution in [0, 0.1) is 5.92 Å². The van der Waals surface area contributed by atoms with Crippen molar-refractivity contribution in [2.24, 2.45) is 11.7 Å². The summed E-state index contributed by atoms with van der Waals surface area (Å²) in [5.74, 6) is 0.650. The maximum absolute atomic E-state index is 5.77. The molecule has 1 aromatic heterocycles. The molecule has 16 heavy (non-hydrogen) atoms. The minimum atomic E-state index is 0.271. The van der Waals surface area contributed by atoms with E-state index in [1.54, 1.807) is 0 Å². The normalized spacial score (nSPS) is 24.8. The van der Waals surface area contributed by atoms with Gasteiger partial charge in [-0.15, -0.1) is 0 Å². The summed E-state index contributed by atoms with van der Waals surface area (Å²) in [6.07, 6.45) is 4.92. The van der Waals surface area contributed by atoms with E-state index in [1.165, 1.54) is 12.0 Å². The number of rotatable bonds is 3. The zero-order valence-electron chi connectivity index (χ0n) is 10.2. The Morgan fingerprint density at radius 1 is 1.44 bits per heavy atom. The Kier molecular flexibility index (Phi) is 3.26. The quantitative estimate of drug-likeness (QED) is 0.840. The van der Waals surface area contributed by atoms with Crippen LogP contribution in [-0.4, -0.2) is 28.5 Å². The van der Waals surface area contributed by atoms with Crippen LogP contribution >= 0.6 is 0 Å². The molecule has 1 fully saturated rings. The highest BCUT2D eigenvalue weighted by molar-refractivity contribution is 5.11. The summed E-state index contributed by atoms with van der Waals surface area (Å²) < 4.78 is 0. The Bertz CT molecular complexity index is 334. The second-order valence-corrected chi connectivity index (χ2v) is 5.35. The number of nitrogens with zero attached hydrogens (tertiary/aromatic N) is 2. The number of pyridine rings is 1. The predicted octanol–water partition coefficient (Wildman–Crippen LogP) is 1.64. The summed E-state index contributed by atoms with van der Waals surface area (Å²) in [4.78, 5) is 6.58. The molecule has 1 aliphatic heterocycles. The second kappa shape index (κ2) is 4.52. The van der Waals surface area contributed by atoms with Gasteiger partial charge in [0.05, 0.1) is 0 Å². The Labute approximate surface area is 97.7 Å². The number of hydrogen-bond donors (Lipinski definition) is 1. The van der Waals surface area contributed by atoms with E-state index in [1.807, 2.05) is 12.4 Å². The average Bonchev–Trinajstić information content (AvgIpc) is 2.55. The third-order valence-corrected chi connectivity index (χ3v) is 3.58. The molecule has 0 aliphatic carbocycles. The van der Waals surface area contributed by atoms with Crippen molar-refractivity contribution in [2.75, 3.05) is 13.1 Å². The standard InChI is InChI=1S/C13H21N3/c1-13(2)7-12(8-14)10-16(13)9-11-3-5-15-6-4-11/h3-6,12H,7-10,14H2,1-2H3. The van der Waals surface area contributed by atoms with Crippen molar-refractivity contribution in [3.05, 3.63) is 30.1 Å². The van der Waals surface area contributed by atoms with Gasteiger partial charge in [0.15, 0.2) is 0 Å². The number of nitrogens with two attached hydrogens (primary N) is 1. The first-order valence-corrected chi connectivity index (χ1v) is 5.96. The summed E-state index contributed by atoms with van der Waals surface area (Å²) >= 11 is 0. The van der Waals surface area contributed by atoms with Crippen LogP contribution in [-0.2, 0) is 6.54 Å². The largest absolute Gasteiger partial charge is 0.330 e. The van der Waals surface area contributed by atoms with E-state index >= 15 is 0 Å². The summed E-state index contributed by atoms with van der Waals surface area (Å²) in [7, 11) is 0. The van der Waals surface area contributed by atoms with Gasteiger partial charge in [-0.05, 0) is 50.4 Å². The lowest BCUT2D eigenvalue weighted by Crippen LogP contribution is -2.37. The van der Waals surface area contributed by atoms with Gasteiger partial charge in [0.1, 0.15) is 0 Å². The molecule has 0 saturated carbocycles. The topological polar surface area (TPSA) is 42.1 Å². The molecule has 1 aliphatic rings. The Morgan fingerprint density at radius 3 is 2.69 bits per heavy atom. The van der Waals surface area contributed by atoms with E-state index in [4.69, 9.17) is 5.73 Å². The van der Waals surface area contributed by atoms with Crippen LogP contribution in [0.3, 0.4) is 0 Å². The molecule has 0 bridgehead atoms. The molecule has 0 aromatic carbocycles. The highest BCUT2D eigenvalue weighted by atomic mass is 15.2. The van der Waals surface area contributed by atoms with E-state index in [0.717, 1.165) is 19.6 Å². The van der Waals surface area contributed by atoms with Crippen molar-refractivity contribution in [2.45, 2.75) is 32.4 Å². The van der Waals surface area contributed by atoms with Gasteiger partial charge in [-0.1, -0.05) is 0 Å². The molecule has 2 N–H and O–H groups in total. The molecule has 0 radical (unpaired) electrons. The lowest BCUT2D eigenvalue weighted by Gasteiger charge is -2.31. The van der Waals surface area contributed by atoms with Crippen molar-refractivity contribution in [3.8, 4) is 0 Å². The fourth-order valence-electron chi connectivity index (χ4n) is 2.60. The minimum Gasteiger partial charge on any atom is -0.330 e. The lowest BCUT2D eigenvalue weighted by atomic mass is 9.96. The van der Waals surface area contributed by atoms with E-state index in [9.17, 15) is 0 Å². The molecular formula is C13H21N3. The maximum atomic E-state index is 5.77. The summed E-state index contributed by atoms with van der Waals surface area (Å²) in [6, 6.07) is 4.18. The second-order valence-electron chi connectivity index (χ2n) is 5.35. The van der Waals surface area contributed by atoms with E-state index in [2.05, 4.69) is 35.9 Å². The first-order valence-electron chi connectivity index (χ1n) is 5.96. The molecule has 1 atom stereocenters. The van der Waals surface area contributed by atoms with E-state index in [-0.39, 0.29) is 5.54 Å². The van der Waals surface area contributed by atoms with Crippen molar-refractivity contribution in [1.29, 1.82) is 0 Å². The van der Waals surface area contributed by atoms with Crippen LogP contribution < -0.4 is 5.73 Å². The van der Waals surface area contributed by atoms with Gasteiger partial charge in [-0.2, -0.15) is 0 Å². The molecule has 0 spiro atoms. The van der Waals surface area contributed by atoms with Gasteiger partial charge in [0, 0.05) is 31.0 Å². The van der Waals surface area contributed by atoms with Gasteiger partial charge in [0.25, 0.3) is 0 Å². The zero-order chi connectivity index (χ0) is 11.6. The lowest BCUT2D eigenvalue weighted by molar-refractivity contribution is 0.166. The van der Waals surface area contributed by atoms with Crippen molar-refractivity contribution in [1.82, 2.24) is 9.88 Å². The zero-order valence-corrected chi connectivity index (χ0v) is 10.2. The highest BCUT2D eigenvalue weighted by Crippen LogP contribution is 2.33. The van der Waals surface area contributed by atoms with Gasteiger partial charge in [-0.3, -0.25) is 9.88 Å². The number of hydrogen-bond acceptors (Lipinski definition) is 3. The molecule has 1 saturated heterocycles. The van der Waals surface area contributed by atoms with Gasteiger partial charge >= 0.3 is 0 Å². The SMILES string of the molecule is CC1(C)CC(CN)CN1Cc1ccncc1. The van der Waals surface area contributed by atoms with Gasteiger partial charge in [-0.25, -0.2) is 0 Å². The van der Waals surface area contributed by atoms with Crippen LogP contribution in [0.5, 0.6) is 0 Å². The Hall–Kier alpha value is -0.930. The average molecular weight is 219 g/mol. The Morgan fingerprint density at radius 2 is 2.12 bits per heavy atom. The van der Waals surface area contributed by atoms with Crippen LogP contribution in [0.4, 0.5) is 0 Å². The third kappa shape index (κ3) is 2.42. The van der Waals surface area contributed by atoms with Gasteiger partial charge in [0.2, 0.25) is 0 Å². The van der Waals surface area contributed by atoms with Gasteiger partial charge < -0.3 is 5.73 Å². The van der Waals surface area contributed by atoms with Crippen molar-refractivity contribution in [3.63, 3.8) is 0 Å². The molecule has 3 heteroatoms. The highest BCUT2D eigenvalue weighted by Gasteiger charge is 2.37. The van der Waals surface area contributed by atoms with Crippen molar-refractivity contribution >= 4 is 0 Å². The fourth-order valence-corrected chi connectivity index (χ4v) is 2.60. The number of aromatic nitrogens is 1. The molecule has 2 rings (SSSR count). The molecule has 1 aromatic rings. The van der Waals surface area contributed by atoms with Crippen LogP contribution in [0.2, 0.25) is 0 Å². The van der Waals surface area contributed by atoms with Crippen LogP contribution in [0.25, 0.3) is 0 Å². The van der Waals surface area contributed by atoms with Crippen LogP contribution in [0.15, 0.2) is 24.5 Å². The molecule has 2 heterocycles. The van der Waals surface area contributed by atoms with E-state index < -0.39 is 0 Å². The molecule has 3 nitrogen and oxygen atoms in total. The number of likely N-dealkylation sites (tertiary alicyclic amines) is 1. The predicted molar refractivity (Wildman–Crippen MR) is 65.9 cm³/mol.